The van der Waals surface area contributed by atoms with Crippen LogP contribution in [0.3, 0.4) is 0 Å². The second kappa shape index (κ2) is 9.96. The van der Waals surface area contributed by atoms with Gasteiger partial charge in [0.2, 0.25) is 0 Å². The van der Waals surface area contributed by atoms with E-state index in [0.717, 1.165) is 47.2 Å². The van der Waals surface area contributed by atoms with E-state index in [0.29, 0.717) is 5.02 Å². The Bertz CT molecular complexity index is 1310. The normalized spacial score (nSPS) is 20.8. The van der Waals surface area contributed by atoms with Crippen molar-refractivity contribution in [3.8, 4) is 0 Å². The Morgan fingerprint density at radius 1 is 0.914 bits per heavy atom. The molecule has 2 atom stereocenters. The fourth-order valence-electron chi connectivity index (χ4n) is 4.75. The molecule has 1 aliphatic carbocycles. The van der Waals surface area contributed by atoms with Gasteiger partial charge in [0, 0.05) is 17.0 Å². The zero-order chi connectivity index (χ0) is 24.4. The number of hydrogen-bond acceptors (Lipinski definition) is 2. The standard InChI is InChI=1S/C29H23ClF2N2O/c30-23-11-4-19(5-12-23)8-17-27(35)34-29(21-9-15-25(32)16-10-21)26-3-1-2-22(28(26)33-34)18-20-6-13-24(31)14-7-20/h4-18,26,29H,1-3H2/b17-8+,22-18+/t26-,29-/m1/s1. The van der Waals surface area contributed by atoms with Gasteiger partial charge >= 0.3 is 0 Å². The Hall–Kier alpha value is -3.57. The highest BCUT2D eigenvalue weighted by Crippen LogP contribution is 2.44. The lowest BCUT2D eigenvalue weighted by Gasteiger charge is -2.29. The zero-order valence-electron chi connectivity index (χ0n) is 18.9. The van der Waals surface area contributed by atoms with Crippen LogP contribution in [0.25, 0.3) is 12.2 Å². The van der Waals surface area contributed by atoms with Crippen LogP contribution in [0.5, 0.6) is 0 Å². The second-order valence-electron chi connectivity index (χ2n) is 8.77. The third-order valence-corrected chi connectivity index (χ3v) is 6.69. The lowest BCUT2D eigenvalue weighted by Crippen LogP contribution is -2.31. The van der Waals surface area contributed by atoms with Crippen LogP contribution in [0.1, 0.15) is 42.0 Å². The Balaban J connectivity index is 1.50. The summed E-state index contributed by atoms with van der Waals surface area (Å²) in [7, 11) is 0. The predicted octanol–water partition coefficient (Wildman–Crippen LogP) is 7.45. The molecule has 0 aromatic heterocycles. The smallest absolute Gasteiger partial charge is 0.267 e. The number of hydrazone groups is 1. The molecule has 0 N–H and O–H groups in total. The van der Waals surface area contributed by atoms with Crippen LogP contribution in [0.4, 0.5) is 8.78 Å². The third kappa shape index (κ3) is 5.10. The topological polar surface area (TPSA) is 32.7 Å². The molecule has 0 unspecified atom stereocenters. The summed E-state index contributed by atoms with van der Waals surface area (Å²) in [6.07, 6.45) is 7.89. The first kappa shape index (κ1) is 23.2. The molecule has 0 spiro atoms. The van der Waals surface area contributed by atoms with Crippen molar-refractivity contribution in [2.24, 2.45) is 11.0 Å². The molecule has 1 saturated carbocycles. The summed E-state index contributed by atoms with van der Waals surface area (Å²) in [4.78, 5) is 13.4. The van der Waals surface area contributed by atoms with E-state index in [9.17, 15) is 13.6 Å². The van der Waals surface area contributed by atoms with Gasteiger partial charge in [0.15, 0.2) is 0 Å². The fourth-order valence-corrected chi connectivity index (χ4v) is 4.88. The van der Waals surface area contributed by atoms with Gasteiger partial charge < -0.3 is 0 Å². The van der Waals surface area contributed by atoms with Crippen molar-refractivity contribution in [1.82, 2.24) is 5.01 Å². The monoisotopic (exact) mass is 488 g/mol. The minimum absolute atomic E-state index is 0.00575. The van der Waals surface area contributed by atoms with Gasteiger partial charge in [0.1, 0.15) is 11.6 Å². The van der Waals surface area contributed by atoms with E-state index in [1.807, 2.05) is 18.2 Å². The molecule has 0 radical (unpaired) electrons. The summed E-state index contributed by atoms with van der Waals surface area (Å²) in [5.74, 6) is -0.868. The average molecular weight is 489 g/mol. The van der Waals surface area contributed by atoms with Crippen LogP contribution in [0, 0.1) is 17.6 Å². The molecule has 1 aliphatic heterocycles. The number of rotatable bonds is 4. The van der Waals surface area contributed by atoms with Crippen molar-refractivity contribution in [3.63, 3.8) is 0 Å². The van der Waals surface area contributed by atoms with Crippen LogP contribution < -0.4 is 0 Å². The number of halogens is 3. The highest BCUT2D eigenvalue weighted by Gasteiger charge is 2.43. The molecule has 0 saturated heterocycles. The summed E-state index contributed by atoms with van der Waals surface area (Å²) in [5, 5.41) is 6.95. The fraction of sp³-hybridized carbons (Fsp3) is 0.172. The van der Waals surface area contributed by atoms with Crippen LogP contribution in [0.2, 0.25) is 5.02 Å². The van der Waals surface area contributed by atoms with Crippen molar-refractivity contribution in [1.29, 1.82) is 0 Å². The minimum Gasteiger partial charge on any atom is -0.268 e. The molecule has 0 bridgehead atoms. The Morgan fingerprint density at radius 2 is 1.54 bits per heavy atom. The van der Waals surface area contributed by atoms with Crippen molar-refractivity contribution >= 4 is 35.4 Å². The van der Waals surface area contributed by atoms with Crippen molar-refractivity contribution < 1.29 is 13.6 Å². The first-order chi connectivity index (χ1) is 17.0. The summed E-state index contributed by atoms with van der Waals surface area (Å²) < 4.78 is 27.0. The van der Waals surface area contributed by atoms with Gasteiger partial charge in [0.05, 0.1) is 11.8 Å². The van der Waals surface area contributed by atoms with E-state index in [2.05, 4.69) is 0 Å². The maximum Gasteiger partial charge on any atom is 0.267 e. The molecule has 3 aromatic rings. The molecule has 1 fully saturated rings. The number of amides is 1. The van der Waals surface area contributed by atoms with E-state index >= 15 is 0 Å². The highest BCUT2D eigenvalue weighted by molar-refractivity contribution is 6.30. The molecule has 5 rings (SSSR count). The van der Waals surface area contributed by atoms with Gasteiger partial charge in [-0.15, -0.1) is 0 Å². The Labute approximate surface area is 208 Å². The van der Waals surface area contributed by atoms with E-state index < -0.39 is 0 Å². The van der Waals surface area contributed by atoms with E-state index in [1.165, 1.54) is 35.4 Å². The largest absolute Gasteiger partial charge is 0.268 e. The molecular formula is C29H23ClF2N2O. The predicted molar refractivity (Wildman–Crippen MR) is 136 cm³/mol. The molecule has 6 heteroatoms. The van der Waals surface area contributed by atoms with Gasteiger partial charge in [-0.05, 0) is 90.1 Å². The van der Waals surface area contributed by atoms with Crippen molar-refractivity contribution in [3.05, 3.63) is 118 Å². The van der Waals surface area contributed by atoms with Crippen molar-refractivity contribution in [2.75, 3.05) is 0 Å². The summed E-state index contributed by atoms with van der Waals surface area (Å²) in [5.41, 5.74) is 4.48. The minimum atomic E-state index is -0.329. The first-order valence-corrected chi connectivity index (χ1v) is 11.9. The maximum atomic E-state index is 13.7. The van der Waals surface area contributed by atoms with Gasteiger partial charge in [0.25, 0.3) is 5.91 Å². The summed E-state index contributed by atoms with van der Waals surface area (Å²) >= 11 is 5.96. The lowest BCUT2D eigenvalue weighted by atomic mass is 9.77. The summed E-state index contributed by atoms with van der Waals surface area (Å²) in [6.45, 7) is 0. The summed E-state index contributed by atoms with van der Waals surface area (Å²) in [6, 6.07) is 19.5. The van der Waals surface area contributed by atoms with Crippen LogP contribution >= 0.6 is 11.6 Å². The molecule has 176 valence electrons. The molecule has 2 aliphatic rings. The highest BCUT2D eigenvalue weighted by atomic mass is 35.5. The molecule has 1 heterocycles. The number of carbonyl (C=O) groups excluding carboxylic acids is 1. The van der Waals surface area contributed by atoms with Crippen LogP contribution in [-0.2, 0) is 4.79 Å². The Morgan fingerprint density at radius 3 is 2.23 bits per heavy atom. The second-order valence-corrected chi connectivity index (χ2v) is 9.21. The van der Waals surface area contributed by atoms with Gasteiger partial charge in [-0.3, -0.25) is 4.79 Å². The number of hydrogen-bond donors (Lipinski definition) is 0. The Kier molecular flexibility index (Phi) is 6.60. The molecular weight excluding hydrogens is 466 g/mol. The van der Waals surface area contributed by atoms with E-state index in [-0.39, 0.29) is 29.5 Å². The number of fused-ring (bicyclic) bond motifs is 1. The van der Waals surface area contributed by atoms with Gasteiger partial charge in [-0.2, -0.15) is 5.10 Å². The lowest BCUT2D eigenvalue weighted by molar-refractivity contribution is -0.128. The number of carbonyl (C=O) groups is 1. The SMILES string of the molecule is O=C(/C=C/c1ccc(Cl)cc1)N1N=C2/C(=C/c3ccc(F)cc3)CCC[C@H]2[C@H]1c1ccc(F)cc1. The van der Waals surface area contributed by atoms with Crippen LogP contribution in [-0.4, -0.2) is 16.6 Å². The van der Waals surface area contributed by atoms with Crippen LogP contribution in [0.15, 0.2) is 89.5 Å². The van der Waals surface area contributed by atoms with E-state index in [1.54, 1.807) is 42.5 Å². The first-order valence-electron chi connectivity index (χ1n) is 11.6. The molecule has 3 nitrogen and oxygen atoms in total. The quantitative estimate of drug-likeness (QED) is 0.351. The maximum absolute atomic E-state index is 13.7. The average Bonchev–Trinajstić information content (AvgIpc) is 3.26. The van der Waals surface area contributed by atoms with Crippen molar-refractivity contribution in [2.45, 2.75) is 25.3 Å². The third-order valence-electron chi connectivity index (χ3n) is 6.44. The molecule has 3 aromatic carbocycles. The van der Waals surface area contributed by atoms with Gasteiger partial charge in [-0.25, -0.2) is 13.8 Å². The number of nitrogens with zero attached hydrogens (tertiary/aromatic N) is 2. The molecule has 35 heavy (non-hydrogen) atoms. The number of benzene rings is 3. The zero-order valence-corrected chi connectivity index (χ0v) is 19.6. The van der Waals surface area contributed by atoms with E-state index in [4.69, 9.17) is 16.7 Å². The van der Waals surface area contributed by atoms with Gasteiger partial charge in [-0.1, -0.05) is 48.0 Å². The molecule has 1 amide bonds. The number of allylic oxidation sites excluding steroid dienone is 1.